The predicted octanol–water partition coefficient (Wildman–Crippen LogP) is 4.85. The maximum Gasteiger partial charge on any atom is 0.204 e. The fourth-order valence-electron chi connectivity index (χ4n) is 2.99. The van der Waals surface area contributed by atoms with Crippen molar-refractivity contribution in [3.8, 4) is 0 Å². The van der Waals surface area contributed by atoms with E-state index in [2.05, 4.69) is 11.2 Å². The second-order valence-electron chi connectivity index (χ2n) is 5.66. The molecule has 0 aromatic carbocycles. The molecular weight excluding hydrogens is 441 g/mol. The molecule has 0 aliphatic heterocycles. The molecule has 1 atom stereocenters. The van der Waals surface area contributed by atoms with Crippen LogP contribution >= 0.6 is 34.2 Å². The number of nitrogens with zero attached hydrogens (tertiary/aromatic N) is 1. The summed E-state index contributed by atoms with van der Waals surface area (Å²) < 4.78 is 5.71. The SMILES string of the molecule is O=Cc1noc(I)c1C1=C(C(=O)C2C=CC(Cl)=CC2)CC=CCC1. The minimum Gasteiger partial charge on any atom is -0.349 e. The van der Waals surface area contributed by atoms with Crippen molar-refractivity contribution in [2.75, 3.05) is 0 Å². The van der Waals surface area contributed by atoms with Gasteiger partial charge in [0.25, 0.3) is 0 Å². The van der Waals surface area contributed by atoms with Crippen LogP contribution in [0.4, 0.5) is 0 Å². The molecule has 0 amide bonds. The number of halogens is 2. The van der Waals surface area contributed by atoms with Gasteiger partial charge < -0.3 is 4.52 Å². The molecule has 0 saturated carbocycles. The normalized spacial score (nSPS) is 20.8. The Labute approximate surface area is 158 Å². The lowest BCUT2D eigenvalue weighted by Crippen LogP contribution is -2.17. The van der Waals surface area contributed by atoms with Crippen LogP contribution in [0.2, 0.25) is 0 Å². The summed E-state index contributed by atoms with van der Waals surface area (Å²) in [6, 6.07) is 0. The highest BCUT2D eigenvalue weighted by Gasteiger charge is 2.27. The first kappa shape index (κ1) is 17.4. The molecule has 1 aromatic heterocycles. The zero-order valence-electron chi connectivity index (χ0n) is 12.8. The van der Waals surface area contributed by atoms with Crippen LogP contribution in [0.1, 0.15) is 41.7 Å². The second-order valence-corrected chi connectivity index (χ2v) is 7.08. The molecule has 0 bridgehead atoms. The topological polar surface area (TPSA) is 60.2 Å². The van der Waals surface area contributed by atoms with E-state index in [1.807, 2.05) is 40.8 Å². The van der Waals surface area contributed by atoms with Crippen LogP contribution in [0.5, 0.6) is 0 Å². The van der Waals surface area contributed by atoms with Gasteiger partial charge in [0.15, 0.2) is 17.8 Å². The van der Waals surface area contributed by atoms with E-state index in [1.165, 1.54) is 0 Å². The number of Topliss-reactive ketones (excluding diaryl/α,β-unsaturated/α-hetero) is 1. The molecule has 2 aliphatic carbocycles. The van der Waals surface area contributed by atoms with E-state index in [1.54, 1.807) is 6.08 Å². The van der Waals surface area contributed by atoms with Gasteiger partial charge in [-0.2, -0.15) is 0 Å². The molecule has 0 radical (unpaired) electrons. The van der Waals surface area contributed by atoms with Crippen molar-refractivity contribution in [2.24, 2.45) is 5.92 Å². The van der Waals surface area contributed by atoms with Crippen molar-refractivity contribution in [3.63, 3.8) is 0 Å². The molecule has 0 N–H and O–H groups in total. The Balaban J connectivity index is 2.05. The summed E-state index contributed by atoms with van der Waals surface area (Å²) in [4.78, 5) is 24.4. The van der Waals surface area contributed by atoms with Crippen LogP contribution in [-0.4, -0.2) is 17.2 Å². The highest BCUT2D eigenvalue weighted by Crippen LogP contribution is 2.36. The summed E-state index contributed by atoms with van der Waals surface area (Å²) in [6.45, 7) is 0. The number of rotatable bonds is 4. The molecule has 1 aromatic rings. The lowest BCUT2D eigenvalue weighted by atomic mass is 9.85. The van der Waals surface area contributed by atoms with E-state index in [9.17, 15) is 9.59 Å². The second kappa shape index (κ2) is 7.61. The van der Waals surface area contributed by atoms with Crippen LogP contribution in [0, 0.1) is 9.68 Å². The molecular formula is C18H15ClINO3. The Bertz CT molecular complexity index is 801. The van der Waals surface area contributed by atoms with Crippen molar-refractivity contribution in [2.45, 2.75) is 25.7 Å². The molecule has 0 saturated heterocycles. The van der Waals surface area contributed by atoms with Gasteiger partial charge in [0.05, 0.1) is 5.56 Å². The number of hydrogen-bond donors (Lipinski definition) is 0. The molecule has 24 heavy (non-hydrogen) atoms. The van der Waals surface area contributed by atoms with E-state index in [-0.39, 0.29) is 17.4 Å². The average molecular weight is 456 g/mol. The highest BCUT2D eigenvalue weighted by atomic mass is 127. The number of ketones is 1. The fraction of sp³-hybridized carbons (Fsp3) is 0.278. The van der Waals surface area contributed by atoms with Crippen molar-refractivity contribution in [1.82, 2.24) is 5.16 Å². The predicted molar refractivity (Wildman–Crippen MR) is 101 cm³/mol. The van der Waals surface area contributed by atoms with E-state index in [4.69, 9.17) is 16.1 Å². The lowest BCUT2D eigenvalue weighted by Gasteiger charge is -2.17. The van der Waals surface area contributed by atoms with Crippen LogP contribution in [0.3, 0.4) is 0 Å². The van der Waals surface area contributed by atoms with Crippen molar-refractivity contribution >= 4 is 51.8 Å². The average Bonchev–Trinajstić information content (AvgIpc) is 2.81. The number of hydrogen-bond acceptors (Lipinski definition) is 4. The maximum absolute atomic E-state index is 13.1. The highest BCUT2D eigenvalue weighted by molar-refractivity contribution is 14.1. The Kier molecular flexibility index (Phi) is 5.50. The van der Waals surface area contributed by atoms with E-state index in [0.29, 0.717) is 39.9 Å². The van der Waals surface area contributed by atoms with Gasteiger partial charge in [0.2, 0.25) is 3.77 Å². The molecule has 0 fully saturated rings. The van der Waals surface area contributed by atoms with Gasteiger partial charge in [0, 0.05) is 39.1 Å². The molecule has 124 valence electrons. The largest absolute Gasteiger partial charge is 0.349 e. The smallest absolute Gasteiger partial charge is 0.204 e. The summed E-state index contributed by atoms with van der Waals surface area (Å²) in [7, 11) is 0. The Morgan fingerprint density at radius 1 is 1.42 bits per heavy atom. The van der Waals surface area contributed by atoms with Crippen molar-refractivity contribution < 1.29 is 14.1 Å². The van der Waals surface area contributed by atoms with Crippen molar-refractivity contribution in [3.05, 3.63) is 56.0 Å². The third-order valence-electron chi connectivity index (χ3n) is 4.19. The summed E-state index contributed by atoms with van der Waals surface area (Å²) in [6.07, 6.45) is 12.9. The first-order chi connectivity index (χ1) is 11.6. The summed E-state index contributed by atoms with van der Waals surface area (Å²) in [5, 5.41) is 4.46. The third-order valence-corrected chi connectivity index (χ3v) is 5.21. The number of carbonyl (C=O) groups is 2. The van der Waals surface area contributed by atoms with Gasteiger partial charge in [-0.3, -0.25) is 9.59 Å². The van der Waals surface area contributed by atoms with E-state index in [0.717, 1.165) is 17.6 Å². The Morgan fingerprint density at radius 2 is 2.25 bits per heavy atom. The van der Waals surface area contributed by atoms with E-state index < -0.39 is 0 Å². The van der Waals surface area contributed by atoms with Gasteiger partial charge in [-0.25, -0.2) is 0 Å². The fourth-order valence-corrected chi connectivity index (χ4v) is 3.86. The minimum atomic E-state index is -0.221. The first-order valence-corrected chi connectivity index (χ1v) is 9.13. The summed E-state index contributed by atoms with van der Waals surface area (Å²) in [5.74, 6) is -0.150. The molecule has 2 aliphatic rings. The molecule has 1 unspecified atom stereocenters. The third kappa shape index (κ3) is 3.47. The number of allylic oxidation sites excluding steroid dienone is 8. The zero-order chi connectivity index (χ0) is 17.1. The van der Waals surface area contributed by atoms with Gasteiger partial charge in [-0.1, -0.05) is 41.1 Å². The monoisotopic (exact) mass is 455 g/mol. The summed E-state index contributed by atoms with van der Waals surface area (Å²) in [5.41, 5.74) is 2.51. The van der Waals surface area contributed by atoms with Gasteiger partial charge in [0.1, 0.15) is 0 Å². The summed E-state index contributed by atoms with van der Waals surface area (Å²) >= 11 is 7.96. The number of aldehydes is 1. The quantitative estimate of drug-likeness (QED) is 0.370. The van der Waals surface area contributed by atoms with Crippen LogP contribution in [0.15, 0.2) is 45.5 Å². The first-order valence-electron chi connectivity index (χ1n) is 7.67. The van der Waals surface area contributed by atoms with Gasteiger partial charge >= 0.3 is 0 Å². The standard InChI is InChI=1S/C18H15ClINO3/c19-12-8-6-11(7-9-12)17(23)14-5-3-1-2-4-13(14)16-15(10-22)21-24-18(16)20/h1,3,6,8-11H,2,4-5,7H2. The van der Waals surface area contributed by atoms with Crippen LogP contribution in [-0.2, 0) is 4.79 Å². The Morgan fingerprint density at radius 3 is 2.96 bits per heavy atom. The molecule has 6 heteroatoms. The van der Waals surface area contributed by atoms with E-state index >= 15 is 0 Å². The molecule has 3 rings (SSSR count). The van der Waals surface area contributed by atoms with Gasteiger partial charge in [-0.05, 0) is 37.3 Å². The molecule has 4 nitrogen and oxygen atoms in total. The van der Waals surface area contributed by atoms with Crippen LogP contribution < -0.4 is 0 Å². The Hall–Kier alpha value is -1.47. The zero-order valence-corrected chi connectivity index (χ0v) is 15.7. The molecule has 1 heterocycles. The molecule has 0 spiro atoms. The number of aromatic nitrogens is 1. The lowest BCUT2D eigenvalue weighted by molar-refractivity contribution is -0.117. The van der Waals surface area contributed by atoms with Gasteiger partial charge in [-0.15, -0.1) is 0 Å². The van der Waals surface area contributed by atoms with Crippen molar-refractivity contribution in [1.29, 1.82) is 0 Å². The maximum atomic E-state index is 13.1. The number of carbonyl (C=O) groups excluding carboxylic acids is 2. The minimum absolute atomic E-state index is 0.0714. The van der Waals surface area contributed by atoms with Crippen LogP contribution in [0.25, 0.3) is 5.57 Å².